The first-order valence-corrected chi connectivity index (χ1v) is 18.4. The topological polar surface area (TPSA) is 170 Å². The zero-order valence-corrected chi connectivity index (χ0v) is 30.9. The molecule has 53 heavy (non-hydrogen) atoms. The zero-order chi connectivity index (χ0) is 36.8. The normalized spacial score (nSPS) is 24.4. The Morgan fingerprint density at radius 1 is 0.906 bits per heavy atom. The fourth-order valence-corrected chi connectivity index (χ4v) is 7.58. The number of ether oxygens (including phenoxy) is 8. The van der Waals surface area contributed by atoms with Gasteiger partial charge in [-0.1, -0.05) is 5.92 Å². The lowest BCUT2D eigenvalue weighted by Crippen LogP contribution is -2.63. The summed E-state index contributed by atoms with van der Waals surface area (Å²) in [4.78, 5) is 22.9. The molecule has 0 unspecified atom stereocenters. The van der Waals surface area contributed by atoms with Gasteiger partial charge in [0.25, 0.3) is 0 Å². The number of anilines is 2. The van der Waals surface area contributed by atoms with Crippen molar-refractivity contribution in [1.29, 1.82) is 0 Å². The first-order valence-electron chi connectivity index (χ1n) is 18.0. The summed E-state index contributed by atoms with van der Waals surface area (Å²) in [5.41, 5.74) is 0.591. The SMILES string of the molecule is C#CCOCCOCCOCCOCCOc1cnc(N2CCCC3(C2)CN(c2nc(Cl)nc4c2cnn4[C@@H]2O[C@H](CO)[C@H]4OC(C)(C)O[C@H]42)C3)nc1. The number of terminal acetylenes is 1. The lowest BCUT2D eigenvalue weighted by molar-refractivity contribution is -0.201. The van der Waals surface area contributed by atoms with E-state index in [1.54, 1.807) is 23.3 Å². The highest BCUT2D eigenvalue weighted by Gasteiger charge is 2.56. The summed E-state index contributed by atoms with van der Waals surface area (Å²) in [5.74, 6) is 3.59. The highest BCUT2D eigenvalue weighted by Crippen LogP contribution is 2.46. The van der Waals surface area contributed by atoms with Gasteiger partial charge in [-0.2, -0.15) is 15.1 Å². The second kappa shape index (κ2) is 16.9. The average Bonchev–Trinajstić information content (AvgIpc) is 3.80. The van der Waals surface area contributed by atoms with Crippen LogP contribution in [0.3, 0.4) is 0 Å². The van der Waals surface area contributed by atoms with Crippen LogP contribution in [0.15, 0.2) is 18.6 Å². The van der Waals surface area contributed by atoms with Crippen LogP contribution in [0.25, 0.3) is 11.0 Å². The van der Waals surface area contributed by atoms with Crippen LogP contribution in [-0.4, -0.2) is 151 Å². The monoisotopic (exact) mass is 758 g/mol. The lowest BCUT2D eigenvalue weighted by atomic mass is 9.73. The molecule has 0 saturated carbocycles. The number of aliphatic hydroxyl groups is 1. The Labute approximate surface area is 313 Å². The fourth-order valence-electron chi connectivity index (χ4n) is 7.42. The van der Waals surface area contributed by atoms with Gasteiger partial charge in [-0.05, 0) is 38.3 Å². The highest BCUT2D eigenvalue weighted by atomic mass is 35.5. The summed E-state index contributed by atoms with van der Waals surface area (Å²) in [6.07, 6.45) is 10.3. The van der Waals surface area contributed by atoms with Gasteiger partial charge in [0.15, 0.2) is 23.4 Å². The molecule has 7 rings (SSSR count). The van der Waals surface area contributed by atoms with Crippen molar-refractivity contribution in [3.05, 3.63) is 23.9 Å². The molecule has 17 nitrogen and oxygen atoms in total. The number of aliphatic hydroxyl groups excluding tert-OH is 1. The molecule has 1 N–H and O–H groups in total. The van der Waals surface area contributed by atoms with Gasteiger partial charge in [0.05, 0.1) is 76.8 Å². The van der Waals surface area contributed by atoms with Crippen molar-refractivity contribution in [2.75, 3.05) is 102 Å². The Hall–Kier alpha value is -3.44. The van der Waals surface area contributed by atoms with Gasteiger partial charge in [-0.15, -0.1) is 6.42 Å². The van der Waals surface area contributed by atoms with Crippen LogP contribution in [0, 0.1) is 17.8 Å². The number of aromatic nitrogens is 6. The standard InChI is InChI=1S/C35H47ClN8O9/c1-4-8-46-9-10-47-11-12-48-13-14-49-15-16-50-24-17-37-33(38-18-24)42-7-5-6-35(21-42)22-43(23-35)29-25-19-39-44(30(25)41-32(36)40-29)31-28-27(26(20-45)51-31)52-34(2,3)53-28/h1,17-19,26-28,31,45H,5-16,20-23H2,2-3H3/t26-,27-,28-,31-/m1/s1. The van der Waals surface area contributed by atoms with Gasteiger partial charge in [0.2, 0.25) is 11.2 Å². The van der Waals surface area contributed by atoms with E-state index in [-0.39, 0.29) is 17.3 Å². The van der Waals surface area contributed by atoms with Crippen LogP contribution in [0.1, 0.15) is 32.9 Å². The first kappa shape index (κ1) is 37.9. The highest BCUT2D eigenvalue weighted by molar-refractivity contribution is 6.28. The van der Waals surface area contributed by atoms with Crippen molar-refractivity contribution >= 4 is 34.4 Å². The summed E-state index contributed by atoms with van der Waals surface area (Å²) in [5, 5.41) is 15.5. The van der Waals surface area contributed by atoms with E-state index in [0.717, 1.165) is 50.2 Å². The number of hydrogen-bond acceptors (Lipinski definition) is 16. The van der Waals surface area contributed by atoms with Gasteiger partial charge >= 0.3 is 0 Å². The molecule has 288 valence electrons. The van der Waals surface area contributed by atoms with Crippen LogP contribution in [0.5, 0.6) is 5.75 Å². The number of nitrogens with zero attached hydrogens (tertiary/aromatic N) is 8. The molecule has 7 heterocycles. The van der Waals surface area contributed by atoms with Gasteiger partial charge in [-0.3, -0.25) is 0 Å². The van der Waals surface area contributed by atoms with Crippen molar-refractivity contribution in [3.8, 4) is 18.1 Å². The summed E-state index contributed by atoms with van der Waals surface area (Å²) < 4.78 is 47.4. The van der Waals surface area contributed by atoms with Gasteiger partial charge in [-0.25, -0.2) is 14.6 Å². The van der Waals surface area contributed by atoms with Crippen molar-refractivity contribution < 1.29 is 43.0 Å². The third-order valence-electron chi connectivity index (χ3n) is 9.66. The van der Waals surface area contributed by atoms with E-state index >= 15 is 0 Å². The Bertz CT molecular complexity index is 1700. The van der Waals surface area contributed by atoms with Crippen molar-refractivity contribution in [2.45, 2.75) is 57.0 Å². The number of hydrogen-bond donors (Lipinski definition) is 1. The molecule has 0 bridgehead atoms. The molecule has 18 heteroatoms. The fraction of sp³-hybridized carbons (Fsp3) is 0.686. The molecular weight excluding hydrogens is 712 g/mol. The molecular formula is C35H47ClN8O9. The maximum Gasteiger partial charge on any atom is 0.226 e. The number of halogens is 1. The second-order valence-corrected chi connectivity index (χ2v) is 14.3. The molecule has 0 amide bonds. The molecule has 4 saturated heterocycles. The molecule has 4 fully saturated rings. The summed E-state index contributed by atoms with van der Waals surface area (Å²) in [6, 6.07) is 0. The minimum absolute atomic E-state index is 0.0542. The van der Waals surface area contributed by atoms with Gasteiger partial charge < -0.3 is 52.8 Å². The zero-order valence-electron chi connectivity index (χ0n) is 30.1. The molecule has 3 aromatic rings. The van der Waals surface area contributed by atoms with Crippen molar-refractivity contribution in [1.82, 2.24) is 29.7 Å². The van der Waals surface area contributed by atoms with Crippen LogP contribution in [0.2, 0.25) is 5.28 Å². The minimum Gasteiger partial charge on any atom is -0.488 e. The maximum absolute atomic E-state index is 9.96. The molecule has 4 aliphatic rings. The van der Waals surface area contributed by atoms with E-state index in [1.807, 2.05) is 13.8 Å². The Balaban J connectivity index is 0.865. The quantitative estimate of drug-likeness (QED) is 0.113. The Morgan fingerprint density at radius 3 is 2.26 bits per heavy atom. The molecule has 4 aliphatic heterocycles. The number of piperidine rings is 1. The van der Waals surface area contributed by atoms with Gasteiger partial charge in [0, 0.05) is 31.6 Å². The van der Waals surface area contributed by atoms with E-state index in [4.69, 9.17) is 55.9 Å². The summed E-state index contributed by atoms with van der Waals surface area (Å²) in [7, 11) is 0. The third-order valence-corrected chi connectivity index (χ3v) is 9.83. The number of fused-ring (bicyclic) bond motifs is 2. The van der Waals surface area contributed by atoms with E-state index < -0.39 is 30.3 Å². The van der Waals surface area contributed by atoms with Crippen LogP contribution in [0.4, 0.5) is 11.8 Å². The number of rotatable bonds is 18. The van der Waals surface area contributed by atoms with Crippen LogP contribution in [-0.2, 0) is 33.2 Å². The van der Waals surface area contributed by atoms with Gasteiger partial charge in [0.1, 0.15) is 37.3 Å². The second-order valence-electron chi connectivity index (χ2n) is 14.0. The molecule has 0 radical (unpaired) electrons. The molecule has 0 aromatic carbocycles. The Morgan fingerprint density at radius 2 is 1.57 bits per heavy atom. The lowest BCUT2D eigenvalue weighted by Gasteiger charge is -2.55. The van der Waals surface area contributed by atoms with Crippen molar-refractivity contribution in [3.63, 3.8) is 0 Å². The molecule has 1 spiro atoms. The van der Waals surface area contributed by atoms with Crippen LogP contribution >= 0.6 is 11.6 Å². The van der Waals surface area contributed by atoms with E-state index in [1.165, 1.54) is 0 Å². The molecule has 3 aromatic heterocycles. The maximum atomic E-state index is 9.96. The van der Waals surface area contributed by atoms with Crippen molar-refractivity contribution in [2.24, 2.45) is 5.41 Å². The van der Waals surface area contributed by atoms with E-state index in [0.29, 0.717) is 76.8 Å². The Kier molecular flexibility index (Phi) is 12.1. The predicted molar refractivity (Wildman–Crippen MR) is 191 cm³/mol. The smallest absolute Gasteiger partial charge is 0.226 e. The minimum atomic E-state index is -0.810. The predicted octanol–water partition coefficient (Wildman–Crippen LogP) is 1.86. The average molecular weight is 759 g/mol. The van der Waals surface area contributed by atoms with E-state index in [2.05, 4.69) is 40.8 Å². The molecule has 0 aliphatic carbocycles. The van der Waals surface area contributed by atoms with Crippen LogP contribution < -0.4 is 14.5 Å². The summed E-state index contributed by atoms with van der Waals surface area (Å²) in [6.45, 7) is 10.7. The molecule has 4 atom stereocenters. The largest absolute Gasteiger partial charge is 0.488 e. The first-order chi connectivity index (χ1) is 25.8. The summed E-state index contributed by atoms with van der Waals surface area (Å²) >= 11 is 6.50. The van der Waals surface area contributed by atoms with E-state index in [9.17, 15) is 5.11 Å². The third kappa shape index (κ3) is 8.77.